The maximum Gasteiger partial charge on any atom is 0.410 e. The molecule has 2 fully saturated rings. The van der Waals surface area contributed by atoms with Crippen LogP contribution in [0.4, 0.5) is 10.6 Å². The maximum absolute atomic E-state index is 13.5. The first-order chi connectivity index (χ1) is 16.2. The Kier molecular flexibility index (Phi) is 5.95. The van der Waals surface area contributed by atoms with E-state index in [9.17, 15) is 9.59 Å². The number of aromatic amines is 1. The van der Waals surface area contributed by atoms with Crippen LogP contribution in [0.1, 0.15) is 39.2 Å². The second-order valence-electron chi connectivity index (χ2n) is 10.3. The van der Waals surface area contributed by atoms with E-state index >= 15 is 0 Å². The van der Waals surface area contributed by atoms with Crippen molar-refractivity contribution >= 4 is 40.6 Å². The predicted molar refractivity (Wildman–Crippen MR) is 133 cm³/mol. The number of rotatable bonds is 2. The van der Waals surface area contributed by atoms with Crippen LogP contribution in [0.15, 0.2) is 23.6 Å². The van der Waals surface area contributed by atoms with Crippen LogP contribution in [0, 0.1) is 12.8 Å². The number of fused-ring (bicyclic) bond motifs is 2. The summed E-state index contributed by atoms with van der Waals surface area (Å²) >= 11 is 1.59. The molecule has 3 aliphatic rings. The summed E-state index contributed by atoms with van der Waals surface area (Å²) in [7, 11) is 0. The average Bonchev–Trinajstić information content (AvgIpc) is 3.41. The summed E-state index contributed by atoms with van der Waals surface area (Å²) in [4.78, 5) is 44.9. The predicted octanol–water partition coefficient (Wildman–Crippen LogP) is 3.52. The number of aryl methyl sites for hydroxylation is 1. The van der Waals surface area contributed by atoms with Crippen LogP contribution >= 0.6 is 11.8 Å². The van der Waals surface area contributed by atoms with E-state index in [1.54, 1.807) is 18.1 Å². The van der Waals surface area contributed by atoms with Gasteiger partial charge in [-0.2, -0.15) is 0 Å². The second kappa shape index (κ2) is 8.79. The third-order valence-corrected chi connectivity index (χ3v) is 7.75. The van der Waals surface area contributed by atoms with Gasteiger partial charge in [-0.15, -0.1) is 11.8 Å². The molecule has 1 N–H and O–H groups in total. The van der Waals surface area contributed by atoms with Gasteiger partial charge in [-0.3, -0.25) is 4.79 Å². The lowest BCUT2D eigenvalue weighted by Crippen LogP contribution is -2.52. The number of amides is 2. The molecule has 10 heteroatoms. The van der Waals surface area contributed by atoms with Crippen molar-refractivity contribution in [3.63, 3.8) is 0 Å². The molecule has 3 aliphatic heterocycles. The number of aromatic nitrogens is 3. The molecule has 0 bridgehead atoms. The summed E-state index contributed by atoms with van der Waals surface area (Å²) in [5, 5.41) is 0.984. The third kappa shape index (κ3) is 4.35. The van der Waals surface area contributed by atoms with E-state index in [2.05, 4.69) is 19.9 Å². The molecule has 2 saturated heterocycles. The molecule has 0 saturated carbocycles. The van der Waals surface area contributed by atoms with Gasteiger partial charge in [0.15, 0.2) is 0 Å². The van der Waals surface area contributed by atoms with E-state index in [1.807, 2.05) is 49.9 Å². The highest BCUT2D eigenvalue weighted by Crippen LogP contribution is 2.35. The fourth-order valence-electron chi connectivity index (χ4n) is 5.12. The van der Waals surface area contributed by atoms with Crippen LogP contribution in [-0.4, -0.2) is 80.3 Å². The van der Waals surface area contributed by atoms with Crippen molar-refractivity contribution in [3.05, 3.63) is 29.2 Å². The van der Waals surface area contributed by atoms with Crippen molar-refractivity contribution < 1.29 is 14.3 Å². The summed E-state index contributed by atoms with van der Waals surface area (Å²) in [5.74, 6) is 2.07. The Bertz CT molecular complexity index is 1140. The number of carbonyl (C=O) groups is 2. The van der Waals surface area contributed by atoms with Gasteiger partial charge in [0.25, 0.3) is 5.91 Å². The number of anilines is 1. The first-order valence-electron chi connectivity index (χ1n) is 11.9. The summed E-state index contributed by atoms with van der Waals surface area (Å²) in [6, 6.07) is 0.0156. The van der Waals surface area contributed by atoms with E-state index in [1.165, 1.54) is 0 Å². The lowest BCUT2D eigenvalue weighted by atomic mass is 9.92. The van der Waals surface area contributed by atoms with Gasteiger partial charge in [0, 0.05) is 44.3 Å². The molecule has 0 aliphatic carbocycles. The molecule has 5 rings (SSSR count). The van der Waals surface area contributed by atoms with Crippen molar-refractivity contribution in [1.82, 2.24) is 24.8 Å². The van der Waals surface area contributed by atoms with Crippen LogP contribution in [0.25, 0.3) is 11.0 Å². The molecule has 0 radical (unpaired) electrons. The van der Waals surface area contributed by atoms with Gasteiger partial charge in [-0.25, -0.2) is 14.8 Å². The zero-order chi connectivity index (χ0) is 24.0. The van der Waals surface area contributed by atoms with Gasteiger partial charge in [-0.05, 0) is 52.0 Å². The summed E-state index contributed by atoms with van der Waals surface area (Å²) in [5.41, 5.74) is 1.35. The SMILES string of the molecule is Cc1c[nH]c2ncnc(N3C=C(C(=O)N4CC[C@@H]5CCN(C(=O)OC(C)(C)C)[C@@H]5C4)SCC3)c12. The number of nitrogens with zero attached hydrogens (tertiary/aromatic N) is 5. The number of hydrogen-bond donors (Lipinski definition) is 1. The number of nitrogens with one attached hydrogen (secondary N) is 1. The van der Waals surface area contributed by atoms with E-state index < -0.39 is 5.60 Å². The first-order valence-corrected chi connectivity index (χ1v) is 12.9. The van der Waals surface area contributed by atoms with E-state index in [-0.39, 0.29) is 18.0 Å². The van der Waals surface area contributed by atoms with Gasteiger partial charge in [0.1, 0.15) is 23.4 Å². The van der Waals surface area contributed by atoms with E-state index in [0.29, 0.717) is 30.5 Å². The summed E-state index contributed by atoms with van der Waals surface area (Å²) in [6.45, 7) is 10.4. The number of thioether (sulfide) groups is 1. The van der Waals surface area contributed by atoms with Crippen molar-refractivity contribution in [1.29, 1.82) is 0 Å². The molecule has 2 aromatic heterocycles. The molecule has 2 amide bonds. The molecule has 34 heavy (non-hydrogen) atoms. The fourth-order valence-corrected chi connectivity index (χ4v) is 6.09. The van der Waals surface area contributed by atoms with Gasteiger partial charge < -0.3 is 24.4 Å². The molecule has 182 valence electrons. The Morgan fingerprint density at radius 3 is 2.76 bits per heavy atom. The van der Waals surface area contributed by atoms with Gasteiger partial charge in [-0.1, -0.05) is 0 Å². The molecular formula is C24H32N6O3S. The molecular weight excluding hydrogens is 452 g/mol. The van der Waals surface area contributed by atoms with Gasteiger partial charge >= 0.3 is 6.09 Å². The average molecular weight is 485 g/mol. The Labute approximate surface area is 203 Å². The van der Waals surface area contributed by atoms with Crippen LogP contribution in [0.5, 0.6) is 0 Å². The Morgan fingerprint density at radius 1 is 1.18 bits per heavy atom. The summed E-state index contributed by atoms with van der Waals surface area (Å²) < 4.78 is 5.63. The van der Waals surface area contributed by atoms with Gasteiger partial charge in [0.05, 0.1) is 16.3 Å². The zero-order valence-corrected chi connectivity index (χ0v) is 21.0. The zero-order valence-electron chi connectivity index (χ0n) is 20.2. The third-order valence-electron chi connectivity index (χ3n) is 6.77. The largest absolute Gasteiger partial charge is 0.444 e. The van der Waals surface area contributed by atoms with Crippen LogP contribution < -0.4 is 4.90 Å². The van der Waals surface area contributed by atoms with Crippen LogP contribution in [-0.2, 0) is 9.53 Å². The molecule has 2 aromatic rings. The Balaban J connectivity index is 1.33. The monoisotopic (exact) mass is 484 g/mol. The molecule has 0 unspecified atom stereocenters. The fraction of sp³-hybridized carbons (Fsp3) is 0.583. The Morgan fingerprint density at radius 2 is 1.97 bits per heavy atom. The highest BCUT2D eigenvalue weighted by atomic mass is 32.2. The first kappa shape index (κ1) is 23.0. The molecule has 0 spiro atoms. The minimum atomic E-state index is -0.531. The van der Waals surface area contributed by atoms with Crippen molar-refractivity contribution in [2.45, 2.75) is 52.2 Å². The number of hydrogen-bond acceptors (Lipinski definition) is 7. The maximum atomic E-state index is 13.5. The standard InChI is InChI=1S/C24H32N6O3S/c1-15-11-25-20-19(15)21(27-14-26-20)28-9-10-34-18(13-28)22(31)29-7-5-16-6-8-30(17(16)12-29)23(32)33-24(2,3)4/h11,13-14,16-17H,5-10,12H2,1-4H3,(H,25,26,27)/t16-,17-/m1/s1. The highest BCUT2D eigenvalue weighted by Gasteiger charge is 2.43. The van der Waals surface area contributed by atoms with Crippen LogP contribution in [0.3, 0.4) is 0 Å². The second-order valence-corrected chi connectivity index (χ2v) is 11.4. The smallest absolute Gasteiger partial charge is 0.410 e. The van der Waals surface area contributed by atoms with Crippen molar-refractivity contribution in [2.75, 3.05) is 36.8 Å². The molecule has 2 atom stereocenters. The number of H-pyrrole nitrogens is 1. The van der Waals surface area contributed by atoms with Crippen molar-refractivity contribution in [3.8, 4) is 0 Å². The molecule has 0 aromatic carbocycles. The molecule has 9 nitrogen and oxygen atoms in total. The minimum Gasteiger partial charge on any atom is -0.444 e. The topological polar surface area (TPSA) is 94.7 Å². The molecule has 5 heterocycles. The minimum absolute atomic E-state index is 0.0156. The lowest BCUT2D eigenvalue weighted by molar-refractivity contribution is -0.128. The van der Waals surface area contributed by atoms with Crippen LogP contribution in [0.2, 0.25) is 0 Å². The number of ether oxygens (including phenoxy) is 1. The number of likely N-dealkylation sites (tertiary alicyclic amines) is 2. The quantitative estimate of drug-likeness (QED) is 0.697. The highest BCUT2D eigenvalue weighted by molar-refractivity contribution is 8.04. The summed E-state index contributed by atoms with van der Waals surface area (Å²) in [6.07, 6.45) is 7.02. The number of piperidine rings is 1. The number of carbonyl (C=O) groups excluding carboxylic acids is 2. The van der Waals surface area contributed by atoms with E-state index in [0.717, 1.165) is 47.6 Å². The lowest BCUT2D eigenvalue weighted by Gasteiger charge is -2.39. The van der Waals surface area contributed by atoms with Gasteiger partial charge in [0.2, 0.25) is 0 Å². The normalized spacial score (nSPS) is 23.2. The van der Waals surface area contributed by atoms with Crippen molar-refractivity contribution in [2.24, 2.45) is 5.92 Å². The Hall–Kier alpha value is -2.75. The van der Waals surface area contributed by atoms with E-state index in [4.69, 9.17) is 4.74 Å².